The van der Waals surface area contributed by atoms with E-state index >= 15 is 0 Å². The number of hydrazone groups is 1. The van der Waals surface area contributed by atoms with Gasteiger partial charge in [-0.3, -0.25) is 0 Å². The lowest BCUT2D eigenvalue weighted by Crippen LogP contribution is -2.31. The van der Waals surface area contributed by atoms with Crippen LogP contribution < -0.4 is 10.7 Å². The molecular weight excluding hydrogens is 350 g/mol. The number of nitrogens with zero attached hydrogens (tertiary/aromatic N) is 2. The molecule has 0 atom stereocenters. The molecule has 4 N–H and O–H groups in total. The number of anilines is 1. The molecule has 0 saturated carbocycles. The summed E-state index contributed by atoms with van der Waals surface area (Å²) in [6, 6.07) is 17.0. The molecule has 0 saturated heterocycles. The SMILES string of the molecule is NC(=S)N(N=Cc1c(O)ccc2ccccc12)c1ccc(C(=O)O)cc1. The molecular formula is C19H15N3O3S. The molecule has 0 aromatic heterocycles. The quantitative estimate of drug-likeness (QED) is 0.373. The molecule has 7 heteroatoms. The van der Waals surface area contributed by atoms with Crippen LogP contribution >= 0.6 is 12.2 Å². The summed E-state index contributed by atoms with van der Waals surface area (Å²) in [5.41, 5.74) is 6.94. The van der Waals surface area contributed by atoms with Gasteiger partial charge in [0.05, 0.1) is 17.5 Å². The highest BCUT2D eigenvalue weighted by atomic mass is 32.1. The Hall–Kier alpha value is -3.45. The molecule has 0 spiro atoms. The highest BCUT2D eigenvalue weighted by Gasteiger charge is 2.11. The second-order valence-corrected chi connectivity index (χ2v) is 5.88. The van der Waals surface area contributed by atoms with Crippen molar-refractivity contribution in [3.05, 3.63) is 71.8 Å². The minimum absolute atomic E-state index is 0.0101. The summed E-state index contributed by atoms with van der Waals surface area (Å²) in [6.07, 6.45) is 1.47. The van der Waals surface area contributed by atoms with E-state index in [2.05, 4.69) is 5.10 Å². The first-order valence-electron chi connectivity index (χ1n) is 7.65. The Morgan fingerprint density at radius 1 is 1.08 bits per heavy atom. The molecule has 3 rings (SSSR count). The van der Waals surface area contributed by atoms with Crippen molar-refractivity contribution in [3.63, 3.8) is 0 Å². The van der Waals surface area contributed by atoms with Gasteiger partial charge in [-0.25, -0.2) is 9.80 Å². The summed E-state index contributed by atoms with van der Waals surface area (Å²) in [5.74, 6) is -0.945. The number of phenols is 1. The molecule has 130 valence electrons. The maximum absolute atomic E-state index is 11.0. The topological polar surface area (TPSA) is 99.1 Å². The third-order valence-electron chi connectivity index (χ3n) is 3.82. The number of rotatable bonds is 4. The van der Waals surface area contributed by atoms with E-state index in [-0.39, 0.29) is 16.4 Å². The number of nitrogens with two attached hydrogens (primary N) is 1. The van der Waals surface area contributed by atoms with Crippen molar-refractivity contribution in [2.24, 2.45) is 10.8 Å². The number of hydrogen-bond acceptors (Lipinski definition) is 4. The van der Waals surface area contributed by atoms with Crippen LogP contribution in [0.2, 0.25) is 0 Å². The Balaban J connectivity index is 2.00. The Kier molecular flexibility index (Phi) is 4.81. The van der Waals surface area contributed by atoms with Crippen LogP contribution in [-0.4, -0.2) is 27.5 Å². The van der Waals surface area contributed by atoms with Gasteiger partial charge < -0.3 is 15.9 Å². The maximum Gasteiger partial charge on any atom is 0.335 e. The number of fused-ring (bicyclic) bond motifs is 1. The number of aromatic hydroxyl groups is 1. The van der Waals surface area contributed by atoms with Crippen LogP contribution in [0.5, 0.6) is 5.75 Å². The van der Waals surface area contributed by atoms with E-state index in [1.54, 1.807) is 18.2 Å². The van der Waals surface area contributed by atoms with Gasteiger partial charge in [-0.15, -0.1) is 0 Å². The highest BCUT2D eigenvalue weighted by molar-refractivity contribution is 7.80. The molecule has 0 amide bonds. The van der Waals surface area contributed by atoms with Crippen LogP contribution in [0.1, 0.15) is 15.9 Å². The highest BCUT2D eigenvalue weighted by Crippen LogP contribution is 2.26. The van der Waals surface area contributed by atoms with Crippen molar-refractivity contribution in [1.82, 2.24) is 0 Å². The summed E-state index contributed by atoms with van der Waals surface area (Å²) in [6.45, 7) is 0. The van der Waals surface area contributed by atoms with E-state index < -0.39 is 5.97 Å². The summed E-state index contributed by atoms with van der Waals surface area (Å²) in [4.78, 5) is 11.0. The van der Waals surface area contributed by atoms with Crippen molar-refractivity contribution in [2.45, 2.75) is 0 Å². The van der Waals surface area contributed by atoms with E-state index in [0.717, 1.165) is 10.8 Å². The third kappa shape index (κ3) is 3.47. The molecule has 0 radical (unpaired) electrons. The second-order valence-electron chi connectivity index (χ2n) is 5.47. The van der Waals surface area contributed by atoms with Crippen molar-refractivity contribution < 1.29 is 15.0 Å². The van der Waals surface area contributed by atoms with Gasteiger partial charge in [0.15, 0.2) is 5.11 Å². The van der Waals surface area contributed by atoms with Gasteiger partial charge in [-0.1, -0.05) is 30.3 Å². The first-order chi connectivity index (χ1) is 12.5. The number of carboxylic acid groups (broad SMARTS) is 1. The van der Waals surface area contributed by atoms with Gasteiger partial charge in [0, 0.05) is 5.56 Å². The van der Waals surface area contributed by atoms with Crippen molar-refractivity contribution >= 4 is 46.0 Å². The van der Waals surface area contributed by atoms with E-state index in [1.807, 2.05) is 30.3 Å². The first-order valence-corrected chi connectivity index (χ1v) is 8.06. The van der Waals surface area contributed by atoms with Gasteiger partial charge in [-0.05, 0) is 53.3 Å². The molecule has 6 nitrogen and oxygen atoms in total. The van der Waals surface area contributed by atoms with Crippen LogP contribution in [-0.2, 0) is 0 Å². The molecule has 0 bridgehead atoms. The van der Waals surface area contributed by atoms with Crippen molar-refractivity contribution in [2.75, 3.05) is 5.01 Å². The van der Waals surface area contributed by atoms with E-state index in [1.165, 1.54) is 23.4 Å². The van der Waals surface area contributed by atoms with Crippen molar-refractivity contribution in [3.8, 4) is 5.75 Å². The number of phenolic OH excluding ortho intramolecular Hbond substituents is 1. The molecule has 3 aromatic carbocycles. The maximum atomic E-state index is 11.0. The van der Waals surface area contributed by atoms with Crippen LogP contribution in [0.15, 0.2) is 65.8 Å². The van der Waals surface area contributed by atoms with Crippen LogP contribution in [0, 0.1) is 0 Å². The largest absolute Gasteiger partial charge is 0.507 e. The number of carbonyl (C=O) groups is 1. The number of aromatic carboxylic acids is 1. The van der Waals surface area contributed by atoms with Gasteiger partial charge in [0.25, 0.3) is 0 Å². The Morgan fingerprint density at radius 2 is 1.77 bits per heavy atom. The first kappa shape index (κ1) is 17.4. The molecule has 3 aromatic rings. The summed E-state index contributed by atoms with van der Waals surface area (Å²) < 4.78 is 0. The molecule has 0 fully saturated rings. The van der Waals surface area contributed by atoms with Gasteiger partial charge in [0.1, 0.15) is 5.75 Å². The van der Waals surface area contributed by atoms with E-state index in [9.17, 15) is 9.90 Å². The van der Waals surface area contributed by atoms with Crippen LogP contribution in [0.3, 0.4) is 0 Å². The van der Waals surface area contributed by atoms with Crippen molar-refractivity contribution in [1.29, 1.82) is 0 Å². The normalized spacial score (nSPS) is 10.9. The Bertz CT molecular complexity index is 1020. The summed E-state index contributed by atoms with van der Waals surface area (Å²) >= 11 is 5.04. The summed E-state index contributed by atoms with van der Waals surface area (Å²) in [7, 11) is 0. The van der Waals surface area contributed by atoms with Crippen LogP contribution in [0.4, 0.5) is 5.69 Å². The van der Waals surface area contributed by atoms with E-state index in [0.29, 0.717) is 11.3 Å². The average Bonchev–Trinajstić information content (AvgIpc) is 2.63. The number of thiocarbonyl (C=S) groups is 1. The average molecular weight is 365 g/mol. The Morgan fingerprint density at radius 3 is 2.42 bits per heavy atom. The lowest BCUT2D eigenvalue weighted by atomic mass is 10.0. The molecule has 0 aliphatic heterocycles. The van der Waals surface area contributed by atoms with Gasteiger partial charge in [0.2, 0.25) is 0 Å². The van der Waals surface area contributed by atoms with Gasteiger partial charge >= 0.3 is 5.97 Å². The molecule has 0 unspecified atom stereocenters. The number of benzene rings is 3. The minimum atomic E-state index is -1.03. The van der Waals surface area contributed by atoms with Crippen LogP contribution in [0.25, 0.3) is 10.8 Å². The molecule has 0 heterocycles. The Labute approximate surface area is 154 Å². The fraction of sp³-hybridized carbons (Fsp3) is 0. The van der Waals surface area contributed by atoms with Gasteiger partial charge in [-0.2, -0.15) is 5.10 Å². The number of hydrogen-bond donors (Lipinski definition) is 3. The monoisotopic (exact) mass is 365 g/mol. The summed E-state index contributed by atoms with van der Waals surface area (Å²) in [5, 5.41) is 26.5. The lowest BCUT2D eigenvalue weighted by molar-refractivity contribution is 0.0697. The predicted octanol–water partition coefficient (Wildman–Crippen LogP) is 3.33. The smallest absolute Gasteiger partial charge is 0.335 e. The third-order valence-corrected chi connectivity index (χ3v) is 3.99. The zero-order valence-corrected chi connectivity index (χ0v) is 14.4. The minimum Gasteiger partial charge on any atom is -0.507 e. The fourth-order valence-corrected chi connectivity index (χ4v) is 2.68. The molecule has 26 heavy (non-hydrogen) atoms. The molecule has 0 aliphatic rings. The predicted molar refractivity (Wildman–Crippen MR) is 106 cm³/mol. The molecule has 0 aliphatic carbocycles. The lowest BCUT2D eigenvalue weighted by Gasteiger charge is -2.17. The number of carboxylic acids is 1. The zero-order chi connectivity index (χ0) is 18.7. The second kappa shape index (κ2) is 7.20. The fourth-order valence-electron chi connectivity index (χ4n) is 2.53. The standard InChI is InChI=1S/C19H15N3O3S/c20-19(26)22(14-8-5-13(6-9-14)18(24)25)21-11-16-15-4-2-1-3-12(15)7-10-17(16)23/h1-11,23H,(H2,20,26)(H,24,25). The van der Waals surface area contributed by atoms with E-state index in [4.69, 9.17) is 23.1 Å². The zero-order valence-electron chi connectivity index (χ0n) is 13.5.